The minimum atomic E-state index is -0.485. The number of hydrogen-bond acceptors (Lipinski definition) is 3. The van der Waals surface area contributed by atoms with Gasteiger partial charge in [-0.3, -0.25) is 4.79 Å². The summed E-state index contributed by atoms with van der Waals surface area (Å²) in [5, 5.41) is 2.85. The van der Waals surface area contributed by atoms with Gasteiger partial charge >= 0.3 is 6.09 Å². The number of amides is 1. The minimum absolute atomic E-state index is 0.0175. The summed E-state index contributed by atoms with van der Waals surface area (Å²) < 4.78 is 5.22. The summed E-state index contributed by atoms with van der Waals surface area (Å²) in [5.74, 6) is 0.635. The zero-order chi connectivity index (χ0) is 12.6. The second kappa shape index (κ2) is 4.31. The molecule has 0 aliphatic heterocycles. The highest BCUT2D eigenvalue weighted by Gasteiger charge is 2.43. The quantitative estimate of drug-likeness (QED) is 0.763. The first-order valence-electron chi connectivity index (χ1n) is 6.40. The van der Waals surface area contributed by atoms with Crippen LogP contribution < -0.4 is 5.32 Å². The van der Waals surface area contributed by atoms with Gasteiger partial charge in [0.2, 0.25) is 0 Å². The fourth-order valence-corrected chi connectivity index (χ4v) is 2.87. The van der Waals surface area contributed by atoms with Crippen LogP contribution in [-0.4, -0.2) is 23.5 Å². The van der Waals surface area contributed by atoms with E-state index >= 15 is 0 Å². The van der Waals surface area contributed by atoms with Crippen molar-refractivity contribution in [2.45, 2.75) is 58.1 Å². The van der Waals surface area contributed by atoms with Crippen molar-refractivity contribution in [2.75, 3.05) is 0 Å². The van der Waals surface area contributed by atoms with Crippen molar-refractivity contribution < 1.29 is 14.3 Å². The lowest BCUT2D eigenvalue weighted by atomic mass is 9.84. The Morgan fingerprint density at radius 3 is 2.53 bits per heavy atom. The minimum Gasteiger partial charge on any atom is -0.444 e. The highest BCUT2D eigenvalue weighted by molar-refractivity contribution is 5.87. The molecule has 2 aliphatic carbocycles. The Bertz CT molecular complexity index is 332. The third kappa shape index (κ3) is 2.79. The Morgan fingerprint density at radius 2 is 1.88 bits per heavy atom. The van der Waals surface area contributed by atoms with E-state index in [2.05, 4.69) is 5.32 Å². The number of ether oxygens (including phenoxy) is 1. The maximum atomic E-state index is 11.9. The monoisotopic (exact) mass is 239 g/mol. The summed E-state index contributed by atoms with van der Waals surface area (Å²) in [6.07, 6.45) is 3.33. The van der Waals surface area contributed by atoms with Crippen molar-refractivity contribution >= 4 is 11.9 Å². The van der Waals surface area contributed by atoms with Crippen LogP contribution in [0.5, 0.6) is 0 Å². The number of carbonyl (C=O) groups is 2. The van der Waals surface area contributed by atoms with Gasteiger partial charge in [0.25, 0.3) is 0 Å². The van der Waals surface area contributed by atoms with Gasteiger partial charge in [-0.2, -0.15) is 0 Å². The molecule has 0 spiro atoms. The molecule has 0 aromatic rings. The molecule has 1 N–H and O–H groups in total. The molecule has 2 aliphatic rings. The largest absolute Gasteiger partial charge is 0.444 e. The number of hydrogen-bond donors (Lipinski definition) is 1. The van der Waals surface area contributed by atoms with Gasteiger partial charge in [0, 0.05) is 17.9 Å². The molecule has 0 heterocycles. The van der Waals surface area contributed by atoms with Crippen LogP contribution in [-0.2, 0) is 9.53 Å². The summed E-state index contributed by atoms with van der Waals surface area (Å²) in [6, 6.07) is -0.0175. The summed E-state index contributed by atoms with van der Waals surface area (Å²) in [4.78, 5) is 23.5. The Hall–Kier alpha value is -1.06. The van der Waals surface area contributed by atoms with Gasteiger partial charge in [-0.25, -0.2) is 4.79 Å². The van der Waals surface area contributed by atoms with E-state index in [4.69, 9.17) is 4.74 Å². The van der Waals surface area contributed by atoms with Crippen LogP contribution in [0.2, 0.25) is 0 Å². The van der Waals surface area contributed by atoms with Crippen LogP contribution in [0.25, 0.3) is 0 Å². The van der Waals surface area contributed by atoms with Gasteiger partial charge in [0.15, 0.2) is 0 Å². The molecular formula is C13H21NO3. The van der Waals surface area contributed by atoms with Crippen LogP contribution in [0, 0.1) is 11.8 Å². The number of nitrogens with one attached hydrogen (secondary N) is 1. The van der Waals surface area contributed by atoms with E-state index in [1.165, 1.54) is 0 Å². The van der Waals surface area contributed by atoms with Gasteiger partial charge in [0.1, 0.15) is 11.4 Å². The average molecular weight is 239 g/mol. The fourth-order valence-electron chi connectivity index (χ4n) is 2.87. The molecule has 3 atom stereocenters. The first-order chi connectivity index (χ1) is 7.87. The molecule has 0 aromatic heterocycles. The average Bonchev–Trinajstić information content (AvgIpc) is 2.41. The SMILES string of the molecule is CC(C)(C)OC(=O)N[C@@H]1CC[C@@H]2CC[C@H]1C2=O. The molecule has 2 rings (SSSR count). The van der Waals surface area contributed by atoms with Crippen LogP contribution in [0.4, 0.5) is 4.79 Å². The molecule has 0 saturated heterocycles. The van der Waals surface area contributed by atoms with E-state index < -0.39 is 11.7 Å². The predicted molar refractivity (Wildman–Crippen MR) is 63.6 cm³/mol. The van der Waals surface area contributed by atoms with E-state index in [9.17, 15) is 9.59 Å². The van der Waals surface area contributed by atoms with Crippen LogP contribution in [0.15, 0.2) is 0 Å². The van der Waals surface area contributed by atoms with Gasteiger partial charge in [0.05, 0.1) is 0 Å². The summed E-state index contributed by atoms with van der Waals surface area (Å²) in [6.45, 7) is 5.51. The van der Waals surface area contributed by atoms with Gasteiger partial charge in [-0.15, -0.1) is 0 Å². The summed E-state index contributed by atoms with van der Waals surface area (Å²) in [7, 11) is 0. The molecule has 2 saturated carbocycles. The smallest absolute Gasteiger partial charge is 0.407 e. The Labute approximate surface area is 102 Å². The van der Waals surface area contributed by atoms with E-state index in [0.717, 1.165) is 25.7 Å². The van der Waals surface area contributed by atoms with Gasteiger partial charge in [-0.05, 0) is 46.5 Å². The zero-order valence-corrected chi connectivity index (χ0v) is 10.8. The zero-order valence-electron chi connectivity index (χ0n) is 10.8. The van der Waals surface area contributed by atoms with E-state index in [-0.39, 0.29) is 17.9 Å². The number of ketones is 1. The Kier molecular flexibility index (Phi) is 3.15. The molecule has 0 radical (unpaired) electrons. The van der Waals surface area contributed by atoms with Crippen LogP contribution >= 0.6 is 0 Å². The lowest BCUT2D eigenvalue weighted by molar-refractivity contribution is -0.126. The topological polar surface area (TPSA) is 55.4 Å². The number of carbonyl (C=O) groups excluding carboxylic acids is 2. The van der Waals surface area contributed by atoms with Crippen molar-refractivity contribution in [3.63, 3.8) is 0 Å². The number of rotatable bonds is 1. The maximum Gasteiger partial charge on any atom is 0.407 e. The molecule has 96 valence electrons. The standard InChI is InChI=1S/C13H21NO3/c1-13(2,3)17-12(16)14-10-7-5-8-4-6-9(10)11(8)15/h8-10H,4-7H2,1-3H3,(H,14,16)/t8-,9+,10+/m0/s1. The van der Waals surface area contributed by atoms with Crippen molar-refractivity contribution in [3.8, 4) is 0 Å². The molecule has 1 amide bonds. The third-order valence-corrected chi connectivity index (χ3v) is 3.61. The summed E-state index contributed by atoms with van der Waals surface area (Å²) >= 11 is 0. The highest BCUT2D eigenvalue weighted by Crippen LogP contribution is 2.39. The van der Waals surface area contributed by atoms with Crippen molar-refractivity contribution in [1.29, 1.82) is 0 Å². The van der Waals surface area contributed by atoms with Crippen molar-refractivity contribution in [2.24, 2.45) is 11.8 Å². The lowest BCUT2D eigenvalue weighted by Crippen LogP contribution is -2.46. The van der Waals surface area contributed by atoms with Crippen LogP contribution in [0.3, 0.4) is 0 Å². The van der Waals surface area contributed by atoms with Crippen molar-refractivity contribution in [3.05, 3.63) is 0 Å². The number of fused-ring (bicyclic) bond motifs is 2. The molecule has 2 bridgehead atoms. The fraction of sp³-hybridized carbons (Fsp3) is 0.846. The molecule has 4 heteroatoms. The number of Topliss-reactive ketones (excluding diaryl/α,β-unsaturated/α-hetero) is 1. The van der Waals surface area contributed by atoms with Crippen molar-refractivity contribution in [1.82, 2.24) is 5.32 Å². The molecule has 2 fully saturated rings. The Morgan fingerprint density at radius 1 is 1.24 bits per heavy atom. The first-order valence-corrected chi connectivity index (χ1v) is 6.40. The van der Waals surface area contributed by atoms with Gasteiger partial charge < -0.3 is 10.1 Å². The molecule has 17 heavy (non-hydrogen) atoms. The first kappa shape index (κ1) is 12.4. The summed E-state index contributed by atoms with van der Waals surface area (Å²) in [5.41, 5.74) is -0.485. The second-order valence-corrected chi connectivity index (χ2v) is 6.11. The third-order valence-electron chi connectivity index (χ3n) is 3.61. The van der Waals surface area contributed by atoms with E-state index in [0.29, 0.717) is 5.78 Å². The molecule has 0 unspecified atom stereocenters. The molecule has 4 nitrogen and oxygen atoms in total. The molecule has 0 aromatic carbocycles. The van der Waals surface area contributed by atoms with Crippen LogP contribution in [0.1, 0.15) is 46.5 Å². The maximum absolute atomic E-state index is 11.9. The highest BCUT2D eigenvalue weighted by atomic mass is 16.6. The predicted octanol–water partition coefficient (Wildman–Crippen LogP) is 2.27. The van der Waals surface area contributed by atoms with Gasteiger partial charge in [-0.1, -0.05) is 0 Å². The van der Waals surface area contributed by atoms with E-state index in [1.807, 2.05) is 20.8 Å². The van der Waals surface area contributed by atoms with E-state index in [1.54, 1.807) is 0 Å². The lowest BCUT2D eigenvalue weighted by Gasteiger charge is -2.29. The second-order valence-electron chi connectivity index (χ2n) is 6.11. The molecular weight excluding hydrogens is 218 g/mol. The normalized spacial score (nSPS) is 32.4. The number of alkyl carbamates (subject to hydrolysis) is 1. The Balaban J connectivity index is 1.91.